The summed E-state index contributed by atoms with van der Waals surface area (Å²) in [7, 11) is -3.64. The summed E-state index contributed by atoms with van der Waals surface area (Å²) in [6.07, 6.45) is 1.23. The molecule has 1 aromatic carbocycles. The molecule has 0 bridgehead atoms. The van der Waals surface area contributed by atoms with E-state index < -0.39 is 21.8 Å². The van der Waals surface area contributed by atoms with Crippen molar-refractivity contribution < 1.29 is 13.2 Å². The van der Waals surface area contributed by atoms with E-state index in [0.29, 0.717) is 24.9 Å². The number of hydrogen-bond donors (Lipinski definition) is 1. The zero-order chi connectivity index (χ0) is 14.8. The van der Waals surface area contributed by atoms with Crippen LogP contribution in [0.25, 0.3) is 0 Å². The Labute approximate surface area is 117 Å². The predicted octanol–water partition coefficient (Wildman–Crippen LogP) is 0.444. The Morgan fingerprint density at radius 2 is 2.00 bits per heavy atom. The van der Waals surface area contributed by atoms with Crippen molar-refractivity contribution in [2.45, 2.75) is 17.7 Å². The molecule has 7 heteroatoms. The van der Waals surface area contributed by atoms with E-state index in [1.54, 1.807) is 0 Å². The fourth-order valence-corrected chi connectivity index (χ4v) is 3.77. The zero-order valence-electron chi connectivity index (χ0n) is 10.8. The molecule has 1 atom stereocenters. The molecule has 0 unspecified atom stereocenters. The number of sulfonamides is 1. The minimum Gasteiger partial charge on any atom is -0.369 e. The SMILES string of the molecule is N#Cc1ccc(S(=O)(=O)N2CCC[C@H](C(N)=O)C2)cc1. The third-order valence-electron chi connectivity index (χ3n) is 3.41. The first-order chi connectivity index (χ1) is 9.45. The van der Waals surface area contributed by atoms with E-state index in [1.807, 2.05) is 6.07 Å². The van der Waals surface area contributed by atoms with Crippen LogP contribution in [0, 0.1) is 17.2 Å². The van der Waals surface area contributed by atoms with Crippen molar-refractivity contribution in [2.75, 3.05) is 13.1 Å². The molecule has 1 aliphatic heterocycles. The number of carbonyl (C=O) groups excluding carboxylic acids is 1. The van der Waals surface area contributed by atoms with Gasteiger partial charge in [0.15, 0.2) is 0 Å². The maximum Gasteiger partial charge on any atom is 0.243 e. The molecule has 0 aromatic heterocycles. The number of piperidine rings is 1. The van der Waals surface area contributed by atoms with Gasteiger partial charge in [0.05, 0.1) is 22.4 Å². The molecule has 0 aliphatic carbocycles. The number of benzene rings is 1. The van der Waals surface area contributed by atoms with Gasteiger partial charge in [0.25, 0.3) is 0 Å². The minimum absolute atomic E-state index is 0.123. The van der Waals surface area contributed by atoms with Gasteiger partial charge in [0.1, 0.15) is 0 Å². The van der Waals surface area contributed by atoms with E-state index in [-0.39, 0.29) is 11.4 Å². The predicted molar refractivity (Wildman–Crippen MR) is 71.8 cm³/mol. The van der Waals surface area contributed by atoms with E-state index in [2.05, 4.69) is 0 Å². The lowest BCUT2D eigenvalue weighted by Gasteiger charge is -2.30. The molecule has 1 fully saturated rings. The van der Waals surface area contributed by atoms with Gasteiger partial charge in [0.2, 0.25) is 15.9 Å². The first kappa shape index (κ1) is 14.5. The van der Waals surface area contributed by atoms with Crippen LogP contribution in [0.3, 0.4) is 0 Å². The smallest absolute Gasteiger partial charge is 0.243 e. The van der Waals surface area contributed by atoms with Crippen LogP contribution in [0.1, 0.15) is 18.4 Å². The Hall–Kier alpha value is -1.91. The molecule has 1 saturated heterocycles. The molecular formula is C13H15N3O3S. The number of carbonyl (C=O) groups is 1. The Kier molecular flexibility index (Phi) is 4.06. The van der Waals surface area contributed by atoms with Gasteiger partial charge in [-0.15, -0.1) is 0 Å². The highest BCUT2D eigenvalue weighted by atomic mass is 32.2. The molecule has 0 spiro atoms. The minimum atomic E-state index is -3.64. The summed E-state index contributed by atoms with van der Waals surface area (Å²) in [6.45, 7) is 0.504. The Morgan fingerprint density at radius 1 is 1.35 bits per heavy atom. The van der Waals surface area contributed by atoms with E-state index in [1.165, 1.54) is 28.6 Å². The average Bonchev–Trinajstić information content (AvgIpc) is 2.47. The number of rotatable bonds is 3. The van der Waals surface area contributed by atoms with Crippen LogP contribution in [-0.2, 0) is 14.8 Å². The summed E-state index contributed by atoms with van der Waals surface area (Å²) in [5.74, 6) is -0.901. The van der Waals surface area contributed by atoms with E-state index in [0.717, 1.165) is 0 Å². The van der Waals surface area contributed by atoms with Crippen LogP contribution in [0.4, 0.5) is 0 Å². The Bertz CT molecular complexity index is 646. The second kappa shape index (κ2) is 5.61. The maximum absolute atomic E-state index is 12.4. The molecule has 0 radical (unpaired) electrons. The normalized spacial score (nSPS) is 20.2. The number of nitriles is 1. The Morgan fingerprint density at radius 3 is 2.55 bits per heavy atom. The molecule has 2 rings (SSSR count). The van der Waals surface area contributed by atoms with Crippen molar-refractivity contribution in [3.8, 4) is 6.07 Å². The highest BCUT2D eigenvalue weighted by molar-refractivity contribution is 7.89. The van der Waals surface area contributed by atoms with Crippen LogP contribution in [0.5, 0.6) is 0 Å². The van der Waals surface area contributed by atoms with Gasteiger partial charge < -0.3 is 5.73 Å². The van der Waals surface area contributed by atoms with Gasteiger partial charge in [-0.25, -0.2) is 8.42 Å². The molecule has 1 amide bonds. The van der Waals surface area contributed by atoms with E-state index >= 15 is 0 Å². The zero-order valence-corrected chi connectivity index (χ0v) is 11.6. The molecule has 1 aliphatic rings. The van der Waals surface area contributed by atoms with Gasteiger partial charge >= 0.3 is 0 Å². The first-order valence-electron chi connectivity index (χ1n) is 6.25. The number of primary amides is 1. The summed E-state index contributed by atoms with van der Waals surface area (Å²) in [4.78, 5) is 11.3. The number of nitrogens with zero attached hydrogens (tertiary/aromatic N) is 2. The maximum atomic E-state index is 12.4. The standard InChI is InChI=1S/C13H15N3O3S/c14-8-10-3-5-12(6-4-10)20(18,19)16-7-1-2-11(9-16)13(15)17/h3-6,11H,1-2,7,9H2,(H2,15,17)/t11-/m0/s1. The van der Waals surface area contributed by atoms with Crippen LogP contribution in [0.2, 0.25) is 0 Å². The van der Waals surface area contributed by atoms with Crippen LogP contribution < -0.4 is 5.73 Å². The number of hydrogen-bond acceptors (Lipinski definition) is 4. The fraction of sp³-hybridized carbons (Fsp3) is 0.385. The van der Waals surface area contributed by atoms with E-state index in [9.17, 15) is 13.2 Å². The second-order valence-electron chi connectivity index (χ2n) is 4.74. The highest BCUT2D eigenvalue weighted by Gasteiger charge is 2.32. The lowest BCUT2D eigenvalue weighted by molar-refractivity contribution is -0.122. The second-order valence-corrected chi connectivity index (χ2v) is 6.68. The lowest BCUT2D eigenvalue weighted by atomic mass is 9.99. The highest BCUT2D eigenvalue weighted by Crippen LogP contribution is 2.23. The number of amides is 1. The summed E-state index contributed by atoms with van der Waals surface area (Å²) >= 11 is 0. The average molecular weight is 293 g/mol. The summed E-state index contributed by atoms with van der Waals surface area (Å²) in [6, 6.07) is 7.67. The van der Waals surface area contributed by atoms with Crippen LogP contribution in [0.15, 0.2) is 29.2 Å². The van der Waals surface area contributed by atoms with Crippen molar-refractivity contribution in [1.29, 1.82) is 5.26 Å². The lowest BCUT2D eigenvalue weighted by Crippen LogP contribution is -2.44. The number of nitrogens with two attached hydrogens (primary N) is 1. The van der Waals surface area contributed by atoms with Crippen molar-refractivity contribution in [1.82, 2.24) is 4.31 Å². The monoisotopic (exact) mass is 293 g/mol. The molecule has 2 N–H and O–H groups in total. The van der Waals surface area contributed by atoms with Gasteiger partial charge in [-0.2, -0.15) is 9.57 Å². The van der Waals surface area contributed by atoms with E-state index in [4.69, 9.17) is 11.0 Å². The summed E-state index contributed by atoms with van der Waals surface area (Å²) in [5, 5.41) is 8.71. The van der Waals surface area contributed by atoms with Gasteiger partial charge in [-0.05, 0) is 37.1 Å². The quantitative estimate of drug-likeness (QED) is 0.873. The van der Waals surface area contributed by atoms with Crippen molar-refractivity contribution in [2.24, 2.45) is 11.7 Å². The topological polar surface area (TPSA) is 104 Å². The van der Waals surface area contributed by atoms with Crippen molar-refractivity contribution in [3.63, 3.8) is 0 Å². The van der Waals surface area contributed by atoms with Crippen molar-refractivity contribution in [3.05, 3.63) is 29.8 Å². The third kappa shape index (κ3) is 2.81. The van der Waals surface area contributed by atoms with Crippen LogP contribution in [-0.4, -0.2) is 31.7 Å². The largest absolute Gasteiger partial charge is 0.369 e. The van der Waals surface area contributed by atoms with Crippen LogP contribution >= 0.6 is 0 Å². The van der Waals surface area contributed by atoms with Gasteiger partial charge in [-0.1, -0.05) is 0 Å². The molecule has 1 aromatic rings. The summed E-state index contributed by atoms with van der Waals surface area (Å²) in [5.41, 5.74) is 5.65. The molecule has 0 saturated carbocycles. The molecular weight excluding hydrogens is 278 g/mol. The Balaban J connectivity index is 2.25. The van der Waals surface area contributed by atoms with Crippen molar-refractivity contribution >= 4 is 15.9 Å². The summed E-state index contributed by atoms with van der Waals surface area (Å²) < 4.78 is 26.2. The third-order valence-corrected chi connectivity index (χ3v) is 5.29. The first-order valence-corrected chi connectivity index (χ1v) is 7.69. The molecule has 6 nitrogen and oxygen atoms in total. The van der Waals surface area contributed by atoms with Gasteiger partial charge in [-0.3, -0.25) is 4.79 Å². The molecule has 1 heterocycles. The van der Waals surface area contributed by atoms with Gasteiger partial charge in [0, 0.05) is 13.1 Å². The molecule has 20 heavy (non-hydrogen) atoms. The fourth-order valence-electron chi connectivity index (χ4n) is 2.24. The molecule has 106 valence electrons.